The molecule has 18 heavy (non-hydrogen) atoms. The largest absolute Gasteiger partial charge is 0.392 e. The molecule has 0 radical (unpaired) electrons. The molecule has 1 aliphatic carbocycles. The van der Waals surface area contributed by atoms with Gasteiger partial charge < -0.3 is 11.1 Å². The van der Waals surface area contributed by atoms with Crippen molar-refractivity contribution in [3.63, 3.8) is 0 Å². The normalized spacial score (nSPS) is 16.1. The number of carbonyl (C=O) groups excluding carboxylic acids is 1. The van der Waals surface area contributed by atoms with Gasteiger partial charge in [0.05, 0.1) is 21.6 Å². The summed E-state index contributed by atoms with van der Waals surface area (Å²) >= 11 is 14.3. The number of benzene rings is 1. The predicted molar refractivity (Wildman–Crippen MR) is 79.9 cm³/mol. The van der Waals surface area contributed by atoms with Crippen LogP contribution in [0.25, 0.3) is 0 Å². The molecule has 2 rings (SSSR count). The summed E-state index contributed by atoms with van der Waals surface area (Å²) in [7, 11) is 0. The minimum absolute atomic E-state index is 0.234. The average Bonchev–Trinajstić information content (AvgIpc) is 3.13. The smallest absolute Gasteiger partial charge is 0.253 e. The van der Waals surface area contributed by atoms with Gasteiger partial charge in [0, 0.05) is 4.47 Å². The number of amides is 1. The number of hydrogen-bond acceptors (Lipinski definition) is 2. The second kappa shape index (κ2) is 5.55. The van der Waals surface area contributed by atoms with Gasteiger partial charge in [0.1, 0.15) is 0 Å². The Morgan fingerprint density at radius 1 is 1.56 bits per heavy atom. The standard InChI is InChI=1S/C12H12BrClN2OS/c13-8-3-1-2-7(9(8)14)12(17)16-10(11(15)18)6-4-5-6/h1-3,6,10H,4-5H2,(H2,15,18)(H,16,17). The summed E-state index contributed by atoms with van der Waals surface area (Å²) in [5.74, 6) is 0.128. The lowest BCUT2D eigenvalue weighted by molar-refractivity contribution is 0.0944. The molecule has 1 fully saturated rings. The van der Waals surface area contributed by atoms with Crippen molar-refractivity contribution >= 4 is 50.6 Å². The van der Waals surface area contributed by atoms with Gasteiger partial charge in [-0.3, -0.25) is 4.79 Å². The average molecular weight is 348 g/mol. The summed E-state index contributed by atoms with van der Waals surface area (Å²) in [6.45, 7) is 0. The molecule has 0 spiro atoms. The van der Waals surface area contributed by atoms with Crippen LogP contribution in [0.3, 0.4) is 0 Å². The number of rotatable bonds is 4. The van der Waals surface area contributed by atoms with Crippen LogP contribution in [0.4, 0.5) is 0 Å². The van der Waals surface area contributed by atoms with Crippen LogP contribution in [0.5, 0.6) is 0 Å². The maximum Gasteiger partial charge on any atom is 0.253 e. The van der Waals surface area contributed by atoms with E-state index in [1.807, 2.05) is 0 Å². The van der Waals surface area contributed by atoms with Crippen LogP contribution >= 0.6 is 39.7 Å². The zero-order valence-electron chi connectivity index (χ0n) is 9.45. The summed E-state index contributed by atoms with van der Waals surface area (Å²) < 4.78 is 0.690. The molecule has 1 aromatic rings. The molecule has 96 valence electrons. The summed E-state index contributed by atoms with van der Waals surface area (Å²) in [5.41, 5.74) is 6.07. The van der Waals surface area contributed by atoms with Crippen LogP contribution < -0.4 is 11.1 Å². The van der Waals surface area contributed by atoms with E-state index in [4.69, 9.17) is 29.6 Å². The van der Waals surface area contributed by atoms with Crippen LogP contribution in [-0.2, 0) is 0 Å². The minimum Gasteiger partial charge on any atom is -0.392 e. The molecule has 1 unspecified atom stereocenters. The highest BCUT2D eigenvalue weighted by molar-refractivity contribution is 9.10. The van der Waals surface area contributed by atoms with Crippen molar-refractivity contribution < 1.29 is 4.79 Å². The second-order valence-corrected chi connectivity index (χ2v) is 6.00. The van der Waals surface area contributed by atoms with E-state index in [0.717, 1.165) is 12.8 Å². The first kappa shape index (κ1) is 13.8. The Balaban J connectivity index is 2.16. The zero-order valence-corrected chi connectivity index (χ0v) is 12.6. The predicted octanol–water partition coefficient (Wildman–Crippen LogP) is 2.90. The molecule has 0 bridgehead atoms. The molecular formula is C12H12BrClN2OS. The van der Waals surface area contributed by atoms with Gasteiger partial charge in [0.25, 0.3) is 5.91 Å². The highest BCUT2D eigenvalue weighted by Gasteiger charge is 2.34. The fourth-order valence-electron chi connectivity index (χ4n) is 1.75. The van der Waals surface area contributed by atoms with E-state index in [0.29, 0.717) is 26.0 Å². The zero-order chi connectivity index (χ0) is 13.3. The second-order valence-electron chi connectivity index (χ2n) is 4.29. The van der Waals surface area contributed by atoms with Crippen molar-refractivity contribution in [3.05, 3.63) is 33.3 Å². The first-order valence-corrected chi connectivity index (χ1v) is 7.13. The lowest BCUT2D eigenvalue weighted by Crippen LogP contribution is -2.45. The lowest BCUT2D eigenvalue weighted by Gasteiger charge is -2.17. The van der Waals surface area contributed by atoms with Gasteiger partial charge in [-0.1, -0.05) is 29.9 Å². The van der Waals surface area contributed by atoms with Crippen LogP contribution in [0, 0.1) is 5.92 Å². The quantitative estimate of drug-likeness (QED) is 0.824. The van der Waals surface area contributed by atoms with Crippen LogP contribution in [0.2, 0.25) is 5.02 Å². The fourth-order valence-corrected chi connectivity index (χ4v) is 2.58. The Hall–Kier alpha value is -0.650. The summed E-state index contributed by atoms with van der Waals surface area (Å²) in [4.78, 5) is 12.5. The van der Waals surface area contributed by atoms with Gasteiger partial charge in [-0.05, 0) is 46.8 Å². The van der Waals surface area contributed by atoms with Crippen molar-refractivity contribution in [1.29, 1.82) is 0 Å². The number of halogens is 2. The van der Waals surface area contributed by atoms with Crippen molar-refractivity contribution in [2.75, 3.05) is 0 Å². The Kier molecular flexibility index (Phi) is 4.25. The Morgan fingerprint density at radius 2 is 2.22 bits per heavy atom. The molecule has 0 heterocycles. The summed E-state index contributed by atoms with van der Waals surface area (Å²) in [6.07, 6.45) is 2.10. The summed E-state index contributed by atoms with van der Waals surface area (Å²) in [5, 5.41) is 3.25. The van der Waals surface area contributed by atoms with Crippen LogP contribution in [0.15, 0.2) is 22.7 Å². The monoisotopic (exact) mass is 346 g/mol. The van der Waals surface area contributed by atoms with Gasteiger partial charge in [-0.25, -0.2) is 0 Å². The number of carbonyl (C=O) groups is 1. The molecule has 1 amide bonds. The molecule has 6 heteroatoms. The van der Waals surface area contributed by atoms with E-state index in [1.165, 1.54) is 0 Å². The molecule has 1 atom stereocenters. The van der Waals surface area contributed by atoms with Crippen LogP contribution in [-0.4, -0.2) is 16.9 Å². The van der Waals surface area contributed by atoms with Crippen molar-refractivity contribution in [3.8, 4) is 0 Å². The van der Waals surface area contributed by atoms with Gasteiger partial charge in [-0.15, -0.1) is 0 Å². The molecule has 1 saturated carbocycles. The van der Waals surface area contributed by atoms with Crippen molar-refractivity contribution in [2.45, 2.75) is 18.9 Å². The molecule has 3 nitrogen and oxygen atoms in total. The van der Waals surface area contributed by atoms with Crippen molar-refractivity contribution in [2.24, 2.45) is 11.7 Å². The van der Waals surface area contributed by atoms with Crippen molar-refractivity contribution in [1.82, 2.24) is 5.32 Å². The maximum atomic E-state index is 12.1. The van der Waals surface area contributed by atoms with Gasteiger partial charge in [0.2, 0.25) is 0 Å². The Bertz CT molecular complexity index is 505. The molecule has 1 aromatic carbocycles. The van der Waals surface area contributed by atoms with E-state index in [9.17, 15) is 4.79 Å². The third kappa shape index (κ3) is 3.02. The first-order valence-electron chi connectivity index (χ1n) is 5.55. The number of hydrogen-bond donors (Lipinski definition) is 2. The van der Waals surface area contributed by atoms with Gasteiger partial charge in [-0.2, -0.15) is 0 Å². The topological polar surface area (TPSA) is 55.1 Å². The maximum absolute atomic E-state index is 12.1. The third-order valence-electron chi connectivity index (χ3n) is 2.88. The van der Waals surface area contributed by atoms with E-state index >= 15 is 0 Å². The van der Waals surface area contributed by atoms with E-state index in [-0.39, 0.29) is 11.9 Å². The molecule has 1 aliphatic rings. The Morgan fingerprint density at radius 3 is 2.78 bits per heavy atom. The fraction of sp³-hybridized carbons (Fsp3) is 0.333. The lowest BCUT2D eigenvalue weighted by atomic mass is 10.1. The van der Waals surface area contributed by atoms with Gasteiger partial charge >= 0.3 is 0 Å². The first-order chi connectivity index (χ1) is 8.50. The third-order valence-corrected chi connectivity index (χ3v) is 4.43. The minimum atomic E-state index is -0.244. The summed E-state index contributed by atoms with van der Waals surface area (Å²) in [6, 6.07) is 4.98. The highest BCUT2D eigenvalue weighted by Crippen LogP contribution is 2.33. The molecule has 0 aliphatic heterocycles. The number of thiocarbonyl (C=S) groups is 1. The van der Waals surface area contributed by atoms with E-state index in [1.54, 1.807) is 18.2 Å². The molecule has 3 N–H and O–H groups in total. The van der Waals surface area contributed by atoms with Crippen LogP contribution in [0.1, 0.15) is 23.2 Å². The molecular weight excluding hydrogens is 336 g/mol. The highest BCUT2D eigenvalue weighted by atomic mass is 79.9. The molecule has 0 saturated heterocycles. The SMILES string of the molecule is NC(=S)C(NC(=O)c1cccc(Br)c1Cl)C1CC1. The molecule has 0 aromatic heterocycles. The number of nitrogens with two attached hydrogens (primary N) is 1. The Labute approximate surface area is 124 Å². The van der Waals surface area contributed by atoms with E-state index in [2.05, 4.69) is 21.2 Å². The number of nitrogens with one attached hydrogen (secondary N) is 1. The van der Waals surface area contributed by atoms with E-state index < -0.39 is 0 Å². The van der Waals surface area contributed by atoms with Gasteiger partial charge in [0.15, 0.2) is 0 Å².